The molecule has 1 aromatic heterocycles. The zero-order chi connectivity index (χ0) is 18.3. The van der Waals surface area contributed by atoms with Crippen molar-refractivity contribution >= 4 is 41.4 Å². The Kier molecular flexibility index (Phi) is 4.71. The molecule has 1 amide bonds. The summed E-state index contributed by atoms with van der Waals surface area (Å²) in [5, 5.41) is 29.3. The molecule has 13 heteroatoms. The molecular formula is C12H14N6O5S2. The van der Waals surface area contributed by atoms with Gasteiger partial charge in [-0.05, 0) is 22.9 Å². The molecule has 2 aliphatic heterocycles. The van der Waals surface area contributed by atoms with Gasteiger partial charge in [0.2, 0.25) is 11.1 Å². The highest BCUT2D eigenvalue weighted by atomic mass is 32.2. The van der Waals surface area contributed by atoms with Gasteiger partial charge in [-0.1, -0.05) is 11.8 Å². The van der Waals surface area contributed by atoms with Crippen molar-refractivity contribution in [1.29, 1.82) is 0 Å². The molecule has 2 unspecified atom stereocenters. The number of amides is 1. The van der Waals surface area contributed by atoms with Crippen LogP contribution in [0.3, 0.4) is 0 Å². The van der Waals surface area contributed by atoms with E-state index in [1.54, 1.807) is 0 Å². The van der Waals surface area contributed by atoms with Gasteiger partial charge in [0.15, 0.2) is 6.04 Å². The van der Waals surface area contributed by atoms with Crippen molar-refractivity contribution in [2.75, 3.05) is 11.5 Å². The normalized spacial score (nSPS) is 23.9. The number of nitrogens with zero attached hydrogens (tertiary/aromatic N) is 5. The van der Waals surface area contributed by atoms with Crippen LogP contribution < -0.4 is 5.73 Å². The quantitative estimate of drug-likeness (QED) is 0.405. The zero-order valence-electron chi connectivity index (χ0n) is 12.9. The molecule has 1 fully saturated rings. The summed E-state index contributed by atoms with van der Waals surface area (Å²) in [6, 6.07) is -1.64. The van der Waals surface area contributed by atoms with Gasteiger partial charge in [-0.3, -0.25) is 9.69 Å². The maximum Gasteiger partial charge on any atom is 0.352 e. The van der Waals surface area contributed by atoms with Gasteiger partial charge in [-0.25, -0.2) is 14.3 Å². The molecule has 3 heterocycles. The summed E-state index contributed by atoms with van der Waals surface area (Å²) >= 11 is 2.52. The van der Waals surface area contributed by atoms with Gasteiger partial charge in [0.1, 0.15) is 17.1 Å². The van der Waals surface area contributed by atoms with Gasteiger partial charge in [0.25, 0.3) is 0 Å². The molecule has 25 heavy (non-hydrogen) atoms. The van der Waals surface area contributed by atoms with Crippen LogP contribution >= 0.6 is 23.5 Å². The van der Waals surface area contributed by atoms with Crippen LogP contribution in [0.4, 0.5) is 0 Å². The molecule has 1 aromatic rings. The number of carboxylic acids is 2. The number of aromatic nitrogens is 4. The Morgan fingerprint density at radius 3 is 2.84 bits per heavy atom. The van der Waals surface area contributed by atoms with Crippen molar-refractivity contribution in [2.24, 2.45) is 5.73 Å². The first-order valence-electron chi connectivity index (χ1n) is 7.12. The van der Waals surface area contributed by atoms with Gasteiger partial charge >= 0.3 is 11.9 Å². The summed E-state index contributed by atoms with van der Waals surface area (Å²) < 4.78 is 1.15. The van der Waals surface area contributed by atoms with E-state index < -0.39 is 29.9 Å². The second-order valence-corrected chi connectivity index (χ2v) is 7.45. The number of carbonyl (C=O) groups excluding carboxylic acids is 1. The lowest BCUT2D eigenvalue weighted by Crippen LogP contribution is -2.68. The molecule has 0 radical (unpaired) electrons. The lowest BCUT2D eigenvalue weighted by Gasteiger charge is -2.48. The van der Waals surface area contributed by atoms with E-state index in [2.05, 4.69) is 15.5 Å². The Bertz CT molecular complexity index is 780. The zero-order valence-corrected chi connectivity index (χ0v) is 14.5. The molecule has 3 rings (SSSR count). The molecule has 2 aliphatic rings. The Morgan fingerprint density at radius 2 is 2.20 bits per heavy atom. The van der Waals surface area contributed by atoms with Crippen molar-refractivity contribution in [2.45, 2.75) is 29.5 Å². The van der Waals surface area contributed by atoms with Crippen molar-refractivity contribution < 1.29 is 24.6 Å². The van der Waals surface area contributed by atoms with Gasteiger partial charge in [0.05, 0.1) is 0 Å². The Hall–Kier alpha value is -2.12. The van der Waals surface area contributed by atoms with E-state index in [4.69, 9.17) is 10.8 Å². The van der Waals surface area contributed by atoms with Crippen LogP contribution in [0.1, 0.15) is 13.0 Å². The fourth-order valence-corrected chi connectivity index (χ4v) is 4.86. The van der Waals surface area contributed by atoms with Gasteiger partial charge in [-0.15, -0.1) is 16.9 Å². The Morgan fingerprint density at radius 1 is 1.48 bits per heavy atom. The number of rotatable bonds is 6. The average Bonchev–Trinajstić information content (AvgIpc) is 3.05. The largest absolute Gasteiger partial charge is 0.480 e. The van der Waals surface area contributed by atoms with Crippen LogP contribution in [-0.2, 0) is 14.4 Å². The molecule has 4 N–H and O–H groups in total. The number of carboxylic acid groups (broad SMARTS) is 2. The SMILES string of the molecule is CC(C(=O)O)n1nnnc1SCC1=C(C(=O)O)N2C(=O)C(N)[C@H]2SC1. The maximum atomic E-state index is 11.9. The molecule has 0 aliphatic carbocycles. The number of tetrazole rings is 1. The van der Waals surface area contributed by atoms with Crippen molar-refractivity contribution in [1.82, 2.24) is 25.1 Å². The fourth-order valence-electron chi connectivity index (χ4n) is 2.47. The summed E-state index contributed by atoms with van der Waals surface area (Å²) in [4.78, 5) is 35.8. The first kappa shape index (κ1) is 17.7. The molecule has 3 atom stereocenters. The van der Waals surface area contributed by atoms with Crippen LogP contribution in [-0.4, -0.2) is 76.1 Å². The number of hydrogen-bond donors (Lipinski definition) is 3. The van der Waals surface area contributed by atoms with Crippen LogP contribution in [0.5, 0.6) is 0 Å². The van der Waals surface area contributed by atoms with Gasteiger partial charge in [0, 0.05) is 11.5 Å². The fraction of sp³-hybridized carbons (Fsp3) is 0.500. The lowest BCUT2D eigenvalue weighted by atomic mass is 10.0. The monoisotopic (exact) mass is 386 g/mol. The van der Waals surface area contributed by atoms with Crippen LogP contribution in [0, 0.1) is 0 Å². The molecule has 0 bridgehead atoms. The smallest absolute Gasteiger partial charge is 0.352 e. The minimum Gasteiger partial charge on any atom is -0.480 e. The van der Waals surface area contributed by atoms with Crippen LogP contribution in [0.25, 0.3) is 0 Å². The summed E-state index contributed by atoms with van der Waals surface area (Å²) in [6.45, 7) is 1.44. The topological polar surface area (TPSA) is 165 Å². The van der Waals surface area contributed by atoms with E-state index in [1.807, 2.05) is 0 Å². The minimum absolute atomic E-state index is 0.0618. The number of hydrogen-bond acceptors (Lipinski definition) is 9. The van der Waals surface area contributed by atoms with Gasteiger partial charge < -0.3 is 15.9 Å². The van der Waals surface area contributed by atoms with Gasteiger partial charge in [-0.2, -0.15) is 0 Å². The predicted octanol–water partition coefficient (Wildman–Crippen LogP) is -1.01. The Labute approximate surface area is 149 Å². The molecule has 11 nitrogen and oxygen atoms in total. The Balaban J connectivity index is 1.81. The molecule has 0 spiro atoms. The maximum absolute atomic E-state index is 11.9. The van der Waals surface area contributed by atoms with Crippen molar-refractivity contribution in [3.05, 3.63) is 11.3 Å². The molecule has 134 valence electrons. The molecule has 0 aromatic carbocycles. The van der Waals surface area contributed by atoms with E-state index in [1.165, 1.54) is 23.6 Å². The minimum atomic E-state index is -1.19. The molecular weight excluding hydrogens is 372 g/mol. The van der Waals surface area contributed by atoms with E-state index >= 15 is 0 Å². The molecule has 1 saturated heterocycles. The van der Waals surface area contributed by atoms with E-state index in [0.29, 0.717) is 11.3 Å². The first-order valence-corrected chi connectivity index (χ1v) is 9.15. The third-order valence-corrected chi connectivity index (χ3v) is 6.23. The first-order chi connectivity index (χ1) is 11.8. The van der Waals surface area contributed by atoms with Crippen molar-refractivity contribution in [3.63, 3.8) is 0 Å². The highest BCUT2D eigenvalue weighted by molar-refractivity contribution is 8.01. The summed E-state index contributed by atoms with van der Waals surface area (Å²) in [7, 11) is 0. The lowest BCUT2D eigenvalue weighted by molar-refractivity contribution is -0.147. The summed E-state index contributed by atoms with van der Waals surface area (Å²) in [5.74, 6) is -2.07. The predicted molar refractivity (Wildman–Crippen MR) is 86.6 cm³/mol. The van der Waals surface area contributed by atoms with Crippen LogP contribution in [0.15, 0.2) is 16.4 Å². The third-order valence-electron chi connectivity index (χ3n) is 3.85. The number of carbonyl (C=O) groups is 3. The average molecular weight is 386 g/mol. The molecule has 0 saturated carbocycles. The summed E-state index contributed by atoms with van der Waals surface area (Å²) in [6.07, 6.45) is 0. The number of β-lactam (4-membered cyclic amide) rings is 1. The standard InChI is InChI=1S/C12H14N6O5S2/c1-4(10(20)21)18-12(14-15-16-18)25-3-5-2-24-9-6(13)8(19)17(9)7(5)11(22)23/h4,6,9H,2-3,13H2,1H3,(H,20,21)(H,22,23)/t4?,6?,9-/m1/s1. The third kappa shape index (κ3) is 2.98. The van der Waals surface area contributed by atoms with E-state index in [0.717, 1.165) is 16.4 Å². The number of aliphatic carboxylic acids is 2. The number of nitrogens with two attached hydrogens (primary N) is 1. The van der Waals surface area contributed by atoms with E-state index in [-0.39, 0.29) is 22.0 Å². The number of fused-ring (bicyclic) bond motifs is 1. The second-order valence-electron chi connectivity index (χ2n) is 5.40. The number of thioether (sulfide) groups is 2. The highest BCUT2D eigenvalue weighted by Gasteiger charge is 2.51. The highest BCUT2D eigenvalue weighted by Crippen LogP contribution is 2.40. The van der Waals surface area contributed by atoms with Crippen molar-refractivity contribution in [3.8, 4) is 0 Å². The van der Waals surface area contributed by atoms with Crippen LogP contribution in [0.2, 0.25) is 0 Å². The second kappa shape index (κ2) is 6.65. The summed E-state index contributed by atoms with van der Waals surface area (Å²) in [5.41, 5.74) is 6.18. The van der Waals surface area contributed by atoms with E-state index in [9.17, 15) is 19.5 Å².